The molecule has 90 valence electrons. The normalized spacial score (nSPS) is 38.0. The standard InChI is InChI=1S/C11H20N2.2ClH/c1-2-9(1)7-12-11-8-13-5-3-10(11)4-6-13;;/h9-12H,1-8H2;2*1H. The summed E-state index contributed by atoms with van der Waals surface area (Å²) in [5.41, 5.74) is 0. The van der Waals surface area contributed by atoms with Gasteiger partial charge in [0.05, 0.1) is 0 Å². The molecule has 4 aliphatic rings. The molecule has 4 fully saturated rings. The molecular weight excluding hydrogens is 231 g/mol. The van der Waals surface area contributed by atoms with Crippen LogP contribution in [0.2, 0.25) is 0 Å². The first-order chi connectivity index (χ1) is 6.42. The zero-order chi connectivity index (χ0) is 8.67. The van der Waals surface area contributed by atoms with Gasteiger partial charge in [0.2, 0.25) is 0 Å². The molecule has 1 unspecified atom stereocenters. The summed E-state index contributed by atoms with van der Waals surface area (Å²) in [5.74, 6) is 2.04. The average molecular weight is 253 g/mol. The number of rotatable bonds is 3. The van der Waals surface area contributed by atoms with Crippen molar-refractivity contribution in [2.24, 2.45) is 11.8 Å². The molecule has 1 N–H and O–H groups in total. The van der Waals surface area contributed by atoms with E-state index in [9.17, 15) is 0 Å². The van der Waals surface area contributed by atoms with E-state index in [-0.39, 0.29) is 24.8 Å². The summed E-state index contributed by atoms with van der Waals surface area (Å²) in [6.45, 7) is 5.37. The highest BCUT2D eigenvalue weighted by Gasteiger charge is 2.34. The third-order valence-corrected chi connectivity index (χ3v) is 4.02. The van der Waals surface area contributed by atoms with E-state index in [2.05, 4.69) is 10.2 Å². The molecule has 0 radical (unpaired) electrons. The van der Waals surface area contributed by atoms with E-state index in [0.29, 0.717) is 0 Å². The second-order valence-corrected chi connectivity index (χ2v) is 5.10. The number of hydrogen-bond acceptors (Lipinski definition) is 2. The molecule has 0 aromatic carbocycles. The van der Waals surface area contributed by atoms with Gasteiger partial charge in [-0.3, -0.25) is 0 Å². The zero-order valence-electron chi connectivity index (χ0n) is 9.15. The van der Waals surface area contributed by atoms with Gasteiger partial charge in [0.15, 0.2) is 0 Å². The van der Waals surface area contributed by atoms with Crippen molar-refractivity contribution < 1.29 is 0 Å². The summed E-state index contributed by atoms with van der Waals surface area (Å²) in [4.78, 5) is 2.63. The summed E-state index contributed by atoms with van der Waals surface area (Å²) >= 11 is 0. The van der Waals surface area contributed by atoms with Crippen LogP contribution in [0.15, 0.2) is 0 Å². The van der Waals surface area contributed by atoms with Crippen molar-refractivity contribution in [1.29, 1.82) is 0 Å². The van der Waals surface area contributed by atoms with Gasteiger partial charge < -0.3 is 10.2 Å². The van der Waals surface area contributed by atoms with E-state index in [1.807, 2.05) is 0 Å². The number of nitrogens with zero attached hydrogens (tertiary/aromatic N) is 1. The Labute approximate surface area is 105 Å². The Hall–Kier alpha value is 0.500. The lowest BCUT2D eigenvalue weighted by atomic mass is 9.84. The molecule has 3 aliphatic heterocycles. The Bertz CT molecular complexity index is 189. The Morgan fingerprint density at radius 1 is 1.00 bits per heavy atom. The largest absolute Gasteiger partial charge is 0.312 e. The highest BCUT2D eigenvalue weighted by atomic mass is 35.5. The monoisotopic (exact) mass is 252 g/mol. The van der Waals surface area contributed by atoms with Gasteiger partial charge in [-0.1, -0.05) is 0 Å². The molecule has 1 aliphatic carbocycles. The lowest BCUT2D eigenvalue weighted by Gasteiger charge is -2.45. The van der Waals surface area contributed by atoms with Gasteiger partial charge in [0.25, 0.3) is 0 Å². The Morgan fingerprint density at radius 2 is 1.67 bits per heavy atom. The zero-order valence-corrected chi connectivity index (χ0v) is 10.8. The van der Waals surface area contributed by atoms with E-state index < -0.39 is 0 Å². The number of hydrogen-bond donors (Lipinski definition) is 1. The number of nitrogens with one attached hydrogen (secondary N) is 1. The third-order valence-electron chi connectivity index (χ3n) is 4.02. The van der Waals surface area contributed by atoms with Gasteiger partial charge in [-0.05, 0) is 57.2 Å². The molecule has 3 saturated heterocycles. The van der Waals surface area contributed by atoms with Gasteiger partial charge in [0.1, 0.15) is 0 Å². The van der Waals surface area contributed by atoms with Crippen molar-refractivity contribution >= 4 is 24.8 Å². The van der Waals surface area contributed by atoms with Crippen LogP contribution in [0.3, 0.4) is 0 Å². The first-order valence-electron chi connectivity index (χ1n) is 5.87. The molecular formula is C11H22Cl2N2. The summed E-state index contributed by atoms with van der Waals surface area (Å²) < 4.78 is 0. The van der Waals surface area contributed by atoms with Crippen LogP contribution in [0.25, 0.3) is 0 Å². The molecule has 1 saturated carbocycles. The molecule has 2 nitrogen and oxygen atoms in total. The van der Waals surface area contributed by atoms with Crippen LogP contribution in [0, 0.1) is 11.8 Å². The lowest BCUT2D eigenvalue weighted by molar-refractivity contribution is 0.0723. The summed E-state index contributed by atoms with van der Waals surface area (Å²) in [5, 5.41) is 3.77. The van der Waals surface area contributed by atoms with Crippen LogP contribution in [0.5, 0.6) is 0 Å². The number of fused-ring (bicyclic) bond motifs is 3. The molecule has 4 rings (SSSR count). The maximum atomic E-state index is 3.77. The van der Waals surface area contributed by atoms with Crippen molar-refractivity contribution in [3.05, 3.63) is 0 Å². The van der Waals surface area contributed by atoms with Crippen molar-refractivity contribution in [1.82, 2.24) is 10.2 Å². The Kier molecular flexibility index (Phi) is 5.17. The van der Waals surface area contributed by atoms with Gasteiger partial charge in [-0.25, -0.2) is 0 Å². The number of halogens is 2. The van der Waals surface area contributed by atoms with E-state index in [4.69, 9.17) is 0 Å². The van der Waals surface area contributed by atoms with Crippen LogP contribution in [-0.2, 0) is 0 Å². The second-order valence-electron chi connectivity index (χ2n) is 5.10. The maximum absolute atomic E-state index is 3.77. The first kappa shape index (κ1) is 13.6. The van der Waals surface area contributed by atoms with Crippen LogP contribution < -0.4 is 5.32 Å². The topological polar surface area (TPSA) is 15.3 Å². The average Bonchev–Trinajstić information content (AvgIpc) is 3.00. The van der Waals surface area contributed by atoms with Gasteiger partial charge in [0, 0.05) is 12.6 Å². The fourth-order valence-corrected chi connectivity index (χ4v) is 2.84. The summed E-state index contributed by atoms with van der Waals surface area (Å²) in [6.07, 6.45) is 5.85. The minimum Gasteiger partial charge on any atom is -0.312 e. The van der Waals surface area contributed by atoms with Crippen LogP contribution in [0.4, 0.5) is 0 Å². The van der Waals surface area contributed by atoms with Crippen LogP contribution in [-0.4, -0.2) is 37.1 Å². The fraction of sp³-hybridized carbons (Fsp3) is 1.00. The van der Waals surface area contributed by atoms with Crippen LogP contribution in [0.1, 0.15) is 25.7 Å². The predicted octanol–water partition coefficient (Wildman–Crippen LogP) is 1.92. The van der Waals surface area contributed by atoms with Crippen molar-refractivity contribution in [3.8, 4) is 0 Å². The molecule has 15 heavy (non-hydrogen) atoms. The van der Waals surface area contributed by atoms with E-state index in [1.54, 1.807) is 0 Å². The maximum Gasteiger partial charge on any atom is 0.0224 e. The quantitative estimate of drug-likeness (QED) is 0.826. The molecule has 3 heterocycles. The van der Waals surface area contributed by atoms with Crippen molar-refractivity contribution in [3.63, 3.8) is 0 Å². The third kappa shape index (κ3) is 3.23. The SMILES string of the molecule is C1CC1CNC1CN2CCC1CC2.Cl.Cl. The van der Waals surface area contributed by atoms with E-state index in [0.717, 1.165) is 17.9 Å². The minimum atomic E-state index is 0. The molecule has 0 amide bonds. The van der Waals surface area contributed by atoms with Crippen molar-refractivity contribution in [2.45, 2.75) is 31.7 Å². The van der Waals surface area contributed by atoms with Crippen molar-refractivity contribution in [2.75, 3.05) is 26.2 Å². The van der Waals surface area contributed by atoms with E-state index in [1.165, 1.54) is 51.9 Å². The van der Waals surface area contributed by atoms with E-state index >= 15 is 0 Å². The summed E-state index contributed by atoms with van der Waals surface area (Å²) in [6, 6.07) is 0.836. The molecule has 0 spiro atoms. The van der Waals surface area contributed by atoms with Gasteiger partial charge in [-0.2, -0.15) is 0 Å². The highest BCUT2D eigenvalue weighted by molar-refractivity contribution is 5.85. The molecule has 4 heteroatoms. The smallest absolute Gasteiger partial charge is 0.0224 e. The Morgan fingerprint density at radius 3 is 2.13 bits per heavy atom. The predicted molar refractivity (Wildman–Crippen MR) is 68.2 cm³/mol. The minimum absolute atomic E-state index is 0. The van der Waals surface area contributed by atoms with Gasteiger partial charge >= 0.3 is 0 Å². The lowest BCUT2D eigenvalue weighted by Crippen LogP contribution is -2.56. The molecule has 1 atom stereocenters. The highest BCUT2D eigenvalue weighted by Crippen LogP contribution is 2.30. The fourth-order valence-electron chi connectivity index (χ4n) is 2.84. The van der Waals surface area contributed by atoms with Crippen LogP contribution >= 0.6 is 24.8 Å². The first-order valence-corrected chi connectivity index (χ1v) is 5.87. The molecule has 0 aromatic rings. The Balaban J connectivity index is 0.000000562. The number of piperidine rings is 3. The second kappa shape index (κ2) is 5.72. The van der Waals surface area contributed by atoms with Gasteiger partial charge in [-0.15, -0.1) is 24.8 Å². The molecule has 2 bridgehead atoms. The summed E-state index contributed by atoms with van der Waals surface area (Å²) in [7, 11) is 0. The molecule has 0 aromatic heterocycles.